The Balaban J connectivity index is 1.93. The molecule has 2 aromatic rings. The van der Waals surface area contributed by atoms with Crippen LogP contribution in [0.4, 0.5) is 10.1 Å². The maximum Gasteiger partial charge on any atom is 0.291 e. The van der Waals surface area contributed by atoms with Gasteiger partial charge in [0.1, 0.15) is 11.6 Å². The minimum absolute atomic E-state index is 0.0173. The fraction of sp³-hybridized carbons (Fsp3) is 0.278. The number of amides is 2. The average molecular weight is 358 g/mol. The van der Waals surface area contributed by atoms with E-state index in [4.69, 9.17) is 10.2 Å². The van der Waals surface area contributed by atoms with Gasteiger partial charge in [-0.1, -0.05) is 0 Å². The number of carbonyl (C=O) groups excluding carboxylic acids is 2. The van der Waals surface area contributed by atoms with Crippen molar-refractivity contribution in [2.24, 2.45) is 10.7 Å². The summed E-state index contributed by atoms with van der Waals surface area (Å²) in [6, 6.07) is 7.33. The molecule has 1 atom stereocenters. The third-order valence-corrected chi connectivity index (χ3v) is 4.34. The molecule has 0 saturated carbocycles. The van der Waals surface area contributed by atoms with Gasteiger partial charge in [-0.2, -0.15) is 0 Å². The van der Waals surface area contributed by atoms with Gasteiger partial charge in [0, 0.05) is 18.3 Å². The molecule has 1 aromatic heterocycles. The van der Waals surface area contributed by atoms with Gasteiger partial charge in [0.15, 0.2) is 11.7 Å². The molecule has 0 fully saturated rings. The van der Waals surface area contributed by atoms with Crippen LogP contribution in [-0.2, 0) is 10.3 Å². The highest BCUT2D eigenvalue weighted by atomic mass is 19.1. The number of guanidine groups is 1. The number of halogens is 1. The molecule has 1 aliphatic rings. The van der Waals surface area contributed by atoms with Gasteiger partial charge in [0.25, 0.3) is 5.91 Å². The highest BCUT2D eigenvalue weighted by molar-refractivity contribution is 6.02. The fourth-order valence-corrected chi connectivity index (χ4v) is 2.83. The molecule has 0 radical (unpaired) electrons. The van der Waals surface area contributed by atoms with Gasteiger partial charge in [0.05, 0.1) is 12.0 Å². The molecule has 3 rings (SSSR count). The summed E-state index contributed by atoms with van der Waals surface area (Å²) in [5.41, 5.74) is 5.17. The van der Waals surface area contributed by atoms with E-state index in [2.05, 4.69) is 10.3 Å². The van der Waals surface area contributed by atoms with Gasteiger partial charge in [-0.05, 0) is 44.2 Å². The number of nitrogens with one attached hydrogen (secondary N) is 1. The number of carbonyl (C=O) groups is 2. The average Bonchev–Trinajstić information content (AvgIpc) is 3.01. The van der Waals surface area contributed by atoms with Crippen LogP contribution in [0.5, 0.6) is 0 Å². The van der Waals surface area contributed by atoms with Gasteiger partial charge >= 0.3 is 0 Å². The Labute approximate surface area is 149 Å². The lowest BCUT2D eigenvalue weighted by Crippen LogP contribution is -2.47. The van der Waals surface area contributed by atoms with Crippen LogP contribution in [0.25, 0.3) is 0 Å². The smallest absolute Gasteiger partial charge is 0.291 e. The number of hydrogen-bond donors (Lipinski definition) is 2. The topological polar surface area (TPSA) is 101 Å². The van der Waals surface area contributed by atoms with E-state index in [1.807, 2.05) is 0 Å². The zero-order chi connectivity index (χ0) is 19.1. The fourth-order valence-electron chi connectivity index (χ4n) is 2.83. The number of aryl methyl sites for hydroxylation is 1. The van der Waals surface area contributed by atoms with Crippen molar-refractivity contribution in [3.63, 3.8) is 0 Å². The lowest BCUT2D eigenvalue weighted by molar-refractivity contribution is -0.128. The first kappa shape index (κ1) is 17.7. The number of rotatable bonds is 3. The number of benzene rings is 1. The molecule has 136 valence electrons. The summed E-state index contributed by atoms with van der Waals surface area (Å²) in [4.78, 5) is 29.8. The van der Waals surface area contributed by atoms with Crippen LogP contribution in [0.3, 0.4) is 0 Å². The Morgan fingerprint density at radius 2 is 2.12 bits per heavy atom. The van der Waals surface area contributed by atoms with Gasteiger partial charge < -0.3 is 15.5 Å². The SMILES string of the molecule is Cc1ccc(C(=O)Nc2ccc(F)c(C3(C)CC(=O)N(C)C(N)=N3)c2)o1. The zero-order valence-electron chi connectivity index (χ0n) is 14.7. The second-order valence-electron chi connectivity index (χ2n) is 6.43. The van der Waals surface area contributed by atoms with Gasteiger partial charge in [-0.15, -0.1) is 0 Å². The molecule has 3 N–H and O–H groups in total. The van der Waals surface area contributed by atoms with E-state index < -0.39 is 17.3 Å². The number of nitrogens with two attached hydrogens (primary N) is 1. The lowest BCUT2D eigenvalue weighted by atomic mass is 9.87. The molecule has 2 heterocycles. The van der Waals surface area contributed by atoms with Crippen LogP contribution in [0, 0.1) is 12.7 Å². The van der Waals surface area contributed by atoms with E-state index in [1.54, 1.807) is 26.0 Å². The molecule has 2 amide bonds. The summed E-state index contributed by atoms with van der Waals surface area (Å²) in [6.07, 6.45) is -0.0318. The van der Waals surface area contributed by atoms with Crippen molar-refractivity contribution in [3.8, 4) is 0 Å². The molecule has 1 aromatic carbocycles. The molecule has 0 bridgehead atoms. The Morgan fingerprint density at radius 3 is 2.73 bits per heavy atom. The molecular weight excluding hydrogens is 339 g/mol. The monoisotopic (exact) mass is 358 g/mol. The van der Waals surface area contributed by atoms with Crippen molar-refractivity contribution in [1.29, 1.82) is 0 Å². The molecular formula is C18H19FN4O3. The van der Waals surface area contributed by atoms with Crippen molar-refractivity contribution >= 4 is 23.5 Å². The van der Waals surface area contributed by atoms with E-state index in [0.29, 0.717) is 11.4 Å². The van der Waals surface area contributed by atoms with E-state index in [0.717, 1.165) is 0 Å². The highest BCUT2D eigenvalue weighted by Crippen LogP contribution is 2.35. The van der Waals surface area contributed by atoms with Crippen molar-refractivity contribution in [2.75, 3.05) is 12.4 Å². The summed E-state index contributed by atoms with van der Waals surface area (Å²) < 4.78 is 19.7. The van der Waals surface area contributed by atoms with Crippen molar-refractivity contribution in [1.82, 2.24) is 4.90 Å². The maximum absolute atomic E-state index is 14.4. The van der Waals surface area contributed by atoms with Crippen LogP contribution in [0.1, 0.15) is 35.2 Å². The Morgan fingerprint density at radius 1 is 1.38 bits per heavy atom. The second kappa shape index (κ2) is 6.29. The number of anilines is 1. The number of nitrogens with zero attached hydrogens (tertiary/aromatic N) is 2. The maximum atomic E-state index is 14.4. The van der Waals surface area contributed by atoms with E-state index in [9.17, 15) is 14.0 Å². The molecule has 26 heavy (non-hydrogen) atoms. The van der Waals surface area contributed by atoms with E-state index >= 15 is 0 Å². The molecule has 0 spiro atoms. The Hall–Kier alpha value is -3.16. The van der Waals surface area contributed by atoms with E-state index in [-0.39, 0.29) is 29.6 Å². The molecule has 1 unspecified atom stereocenters. The molecule has 0 saturated heterocycles. The predicted octanol–water partition coefficient (Wildman–Crippen LogP) is 2.37. The largest absolute Gasteiger partial charge is 0.456 e. The van der Waals surface area contributed by atoms with Crippen LogP contribution >= 0.6 is 0 Å². The molecule has 7 nitrogen and oxygen atoms in total. The first-order valence-electron chi connectivity index (χ1n) is 7.99. The summed E-state index contributed by atoms with van der Waals surface area (Å²) in [5.74, 6) is -0.478. The first-order chi connectivity index (χ1) is 12.2. The van der Waals surface area contributed by atoms with Crippen LogP contribution in [0.15, 0.2) is 39.7 Å². The van der Waals surface area contributed by atoms with Crippen LogP contribution < -0.4 is 11.1 Å². The van der Waals surface area contributed by atoms with Crippen molar-refractivity contribution < 1.29 is 18.4 Å². The normalized spacial score (nSPS) is 20.1. The van der Waals surface area contributed by atoms with Gasteiger partial charge in [-0.25, -0.2) is 9.38 Å². The Bertz CT molecular complexity index is 921. The second-order valence-corrected chi connectivity index (χ2v) is 6.43. The third kappa shape index (κ3) is 3.17. The van der Waals surface area contributed by atoms with Crippen LogP contribution in [0.2, 0.25) is 0 Å². The standard InChI is InChI=1S/C18H19FN4O3/c1-10-4-7-14(26-10)16(25)21-11-5-6-13(19)12(8-11)18(2)9-15(24)23(3)17(20)22-18/h4-8H,9H2,1-3H3,(H2,20,22)(H,21,25). The molecule has 8 heteroatoms. The minimum Gasteiger partial charge on any atom is -0.456 e. The minimum atomic E-state index is -1.15. The number of furan rings is 1. The quantitative estimate of drug-likeness (QED) is 0.879. The molecule has 0 aliphatic carbocycles. The summed E-state index contributed by atoms with van der Waals surface area (Å²) in [7, 11) is 1.51. The third-order valence-electron chi connectivity index (χ3n) is 4.34. The lowest BCUT2D eigenvalue weighted by Gasteiger charge is -2.34. The first-order valence-corrected chi connectivity index (χ1v) is 7.99. The molecule has 1 aliphatic heterocycles. The Kier molecular flexibility index (Phi) is 4.27. The van der Waals surface area contributed by atoms with E-state index in [1.165, 1.54) is 30.1 Å². The van der Waals surface area contributed by atoms with Crippen molar-refractivity contribution in [3.05, 3.63) is 53.2 Å². The summed E-state index contributed by atoms with van der Waals surface area (Å²) >= 11 is 0. The number of hydrogen-bond acceptors (Lipinski definition) is 5. The highest BCUT2D eigenvalue weighted by Gasteiger charge is 2.38. The van der Waals surface area contributed by atoms with Gasteiger partial charge in [-0.3, -0.25) is 14.5 Å². The number of aliphatic imine (C=N–C) groups is 1. The summed E-state index contributed by atoms with van der Waals surface area (Å²) in [5, 5.41) is 2.65. The van der Waals surface area contributed by atoms with Gasteiger partial charge in [0.2, 0.25) is 5.91 Å². The zero-order valence-corrected chi connectivity index (χ0v) is 14.7. The summed E-state index contributed by atoms with van der Waals surface area (Å²) in [6.45, 7) is 3.36. The van der Waals surface area contributed by atoms with Crippen LogP contribution in [-0.4, -0.2) is 29.7 Å². The predicted molar refractivity (Wildman–Crippen MR) is 94.2 cm³/mol. The van der Waals surface area contributed by atoms with Crippen molar-refractivity contribution in [2.45, 2.75) is 25.8 Å².